The van der Waals surface area contributed by atoms with Crippen LogP contribution in [0.15, 0.2) is 66.6 Å². The zero-order valence-corrected chi connectivity index (χ0v) is 35.9. The average Bonchev–Trinajstić information content (AvgIpc) is 3.43. The molecule has 3 nitrogen and oxygen atoms in total. The Bertz CT molecular complexity index is 2040. The quantitative estimate of drug-likeness (QED) is 0.0863. The largest absolute Gasteiger partial charge is 0.512 e. The van der Waals surface area contributed by atoms with Crippen molar-refractivity contribution in [3.05, 3.63) is 100 Å². The third-order valence-corrected chi connectivity index (χ3v) is 10.9. The number of aromatic nitrogens is 1. The molecular weight excluding hydrogens is 868 g/mol. The number of thiophene rings is 1. The summed E-state index contributed by atoms with van der Waals surface area (Å²) in [6.45, 7) is 20.4. The molecule has 0 amide bonds. The van der Waals surface area contributed by atoms with E-state index >= 15 is 0 Å². The fraction of sp³-hybridized carbons (Fsp3) is 0.422. The molecule has 0 bridgehead atoms. The van der Waals surface area contributed by atoms with Gasteiger partial charge in [-0.2, -0.15) is 13.2 Å². The topological polar surface area (TPSA) is 50.2 Å². The summed E-state index contributed by atoms with van der Waals surface area (Å²) in [4.78, 5) is 16.3. The molecule has 1 radical (unpaired) electrons. The minimum Gasteiger partial charge on any atom is -0.512 e. The molecule has 0 aliphatic carbocycles. The molecule has 1 N–H and O–H groups in total. The molecule has 2 aromatic heterocycles. The van der Waals surface area contributed by atoms with Gasteiger partial charge in [0.05, 0.1) is 11.3 Å². The molecule has 53 heavy (non-hydrogen) atoms. The van der Waals surface area contributed by atoms with Gasteiger partial charge in [0.25, 0.3) is 0 Å². The van der Waals surface area contributed by atoms with Gasteiger partial charge >= 0.3 is 6.18 Å². The van der Waals surface area contributed by atoms with E-state index in [1.54, 1.807) is 12.3 Å². The molecule has 2 heterocycles. The maximum absolute atomic E-state index is 14.7. The van der Waals surface area contributed by atoms with E-state index in [0.717, 1.165) is 70.0 Å². The van der Waals surface area contributed by atoms with Gasteiger partial charge in [0.1, 0.15) is 0 Å². The van der Waals surface area contributed by atoms with Crippen LogP contribution in [0.25, 0.3) is 42.6 Å². The van der Waals surface area contributed by atoms with Gasteiger partial charge < -0.3 is 10.1 Å². The van der Waals surface area contributed by atoms with Crippen LogP contribution >= 0.6 is 11.3 Å². The first kappa shape index (κ1) is 44.1. The van der Waals surface area contributed by atoms with Gasteiger partial charge in [-0.05, 0) is 78.1 Å². The summed E-state index contributed by atoms with van der Waals surface area (Å²) in [6.07, 6.45) is 2.94. The minimum atomic E-state index is -4.51. The second kappa shape index (κ2) is 18.3. The number of pyridine rings is 1. The number of carbonyl (C=O) groups excluding carboxylic acids is 1. The molecule has 0 fully saturated rings. The van der Waals surface area contributed by atoms with Crippen LogP contribution in [0.4, 0.5) is 13.2 Å². The third kappa shape index (κ3) is 10.7. The van der Waals surface area contributed by atoms with E-state index in [4.69, 9.17) is 0 Å². The standard InChI is InChI=1S/C32H29F3NS.C13H24O2.Ir/c1-18-13-19(2)15-22(14-18)28-30-26(11-12-36-28)25-10-9-24(27(29(25)37-30)32(33,34)35)23-8-7-21(16-20(23)3)17-31(4,5)6;1-5-10(6-2)12(14)9-13(15)11(7-3)8-4;/h7-14,16H,17H2,1-6H3;9-11,14H,5-8H2,1-4H3;/q-1;;/b;12-9-;. The van der Waals surface area contributed by atoms with Crippen molar-refractivity contribution in [2.45, 2.75) is 108 Å². The second-order valence-electron chi connectivity index (χ2n) is 15.1. The summed E-state index contributed by atoms with van der Waals surface area (Å²) in [5.74, 6) is 0.547. The Morgan fingerprint density at radius 1 is 0.849 bits per heavy atom. The maximum Gasteiger partial charge on any atom is 0.418 e. The van der Waals surface area contributed by atoms with Crippen LogP contribution in [0.3, 0.4) is 0 Å². The van der Waals surface area contributed by atoms with E-state index in [1.807, 2.05) is 90.9 Å². The summed E-state index contributed by atoms with van der Waals surface area (Å²) in [6, 6.07) is 18.4. The van der Waals surface area contributed by atoms with Crippen molar-refractivity contribution in [1.82, 2.24) is 4.98 Å². The van der Waals surface area contributed by atoms with Gasteiger partial charge in [-0.25, -0.2) is 0 Å². The van der Waals surface area contributed by atoms with Crippen LogP contribution in [0.1, 0.15) is 102 Å². The number of carbonyl (C=O) groups is 1. The van der Waals surface area contributed by atoms with Crippen LogP contribution in [-0.2, 0) is 37.5 Å². The average molecular weight is 921 g/mol. The fourth-order valence-electron chi connectivity index (χ4n) is 7.02. The summed E-state index contributed by atoms with van der Waals surface area (Å²) >= 11 is 1.17. The first-order valence-corrected chi connectivity index (χ1v) is 19.2. The maximum atomic E-state index is 14.7. The van der Waals surface area contributed by atoms with E-state index in [2.05, 4.69) is 31.8 Å². The third-order valence-electron chi connectivity index (χ3n) is 9.64. The monoisotopic (exact) mass is 921 g/mol. The predicted molar refractivity (Wildman–Crippen MR) is 213 cm³/mol. The Morgan fingerprint density at radius 2 is 1.45 bits per heavy atom. The Balaban J connectivity index is 0.000000403. The number of nitrogens with zero attached hydrogens (tertiary/aromatic N) is 1. The molecule has 287 valence electrons. The predicted octanol–water partition coefficient (Wildman–Crippen LogP) is 14.0. The summed E-state index contributed by atoms with van der Waals surface area (Å²) in [5.41, 5.74) is 5.84. The number of hydrogen-bond donors (Lipinski definition) is 1. The van der Waals surface area contributed by atoms with Crippen LogP contribution in [0.5, 0.6) is 0 Å². The van der Waals surface area contributed by atoms with Crippen molar-refractivity contribution < 1.29 is 43.2 Å². The number of allylic oxidation sites excluding steroid dienone is 2. The van der Waals surface area contributed by atoms with Crippen molar-refractivity contribution in [3.8, 4) is 22.4 Å². The van der Waals surface area contributed by atoms with Gasteiger partial charge in [-0.15, -0.1) is 46.2 Å². The first-order chi connectivity index (χ1) is 24.4. The molecule has 8 heteroatoms. The Morgan fingerprint density at radius 3 is 2.00 bits per heavy atom. The van der Waals surface area contributed by atoms with Crippen molar-refractivity contribution >= 4 is 37.3 Å². The molecule has 5 aromatic rings. The van der Waals surface area contributed by atoms with Crippen LogP contribution in [-0.4, -0.2) is 15.9 Å². The molecule has 0 saturated heterocycles. The molecule has 0 aliphatic heterocycles. The number of ketones is 1. The molecule has 5 rings (SSSR count). The normalized spacial score (nSPS) is 12.3. The van der Waals surface area contributed by atoms with E-state index in [1.165, 1.54) is 17.4 Å². The fourth-order valence-corrected chi connectivity index (χ4v) is 8.38. The zero-order valence-electron chi connectivity index (χ0n) is 32.6. The smallest absolute Gasteiger partial charge is 0.418 e. The molecule has 0 saturated carbocycles. The number of aliphatic hydroxyl groups excluding tert-OH is 1. The number of alkyl halides is 3. The summed E-state index contributed by atoms with van der Waals surface area (Å²) in [7, 11) is 0. The number of rotatable bonds is 10. The van der Waals surface area contributed by atoms with Crippen molar-refractivity contribution in [2.24, 2.45) is 17.3 Å². The molecule has 0 atom stereocenters. The molecule has 0 spiro atoms. The number of halogens is 3. The van der Waals surface area contributed by atoms with Gasteiger partial charge in [0.15, 0.2) is 5.78 Å². The molecule has 0 unspecified atom stereocenters. The van der Waals surface area contributed by atoms with Crippen LogP contribution < -0.4 is 0 Å². The van der Waals surface area contributed by atoms with Crippen molar-refractivity contribution in [2.75, 3.05) is 0 Å². The van der Waals surface area contributed by atoms with Crippen molar-refractivity contribution in [3.63, 3.8) is 0 Å². The molecule has 0 aliphatic rings. The Labute approximate surface area is 331 Å². The Kier molecular flexibility index (Phi) is 15.3. The zero-order chi connectivity index (χ0) is 38.5. The van der Waals surface area contributed by atoms with E-state index < -0.39 is 11.7 Å². The molecule has 3 aromatic carbocycles. The second-order valence-corrected chi connectivity index (χ2v) is 16.2. The number of aryl methyl sites for hydroxylation is 3. The van der Waals surface area contributed by atoms with Gasteiger partial charge in [0.2, 0.25) is 0 Å². The number of fused-ring (bicyclic) bond motifs is 3. The van der Waals surface area contributed by atoms with E-state index in [0.29, 0.717) is 16.6 Å². The van der Waals surface area contributed by atoms with Crippen LogP contribution in [0, 0.1) is 44.1 Å². The van der Waals surface area contributed by atoms with Gasteiger partial charge in [0, 0.05) is 64.7 Å². The number of hydrogen-bond acceptors (Lipinski definition) is 4. The van der Waals surface area contributed by atoms with Crippen molar-refractivity contribution in [1.29, 1.82) is 0 Å². The van der Waals surface area contributed by atoms with E-state index in [-0.39, 0.29) is 59.2 Å². The van der Waals surface area contributed by atoms with E-state index in [9.17, 15) is 23.1 Å². The minimum absolute atomic E-state index is 0. The summed E-state index contributed by atoms with van der Waals surface area (Å²) < 4.78 is 45.2. The number of aliphatic hydroxyl groups is 1. The summed E-state index contributed by atoms with van der Waals surface area (Å²) in [5, 5.41) is 11.1. The molecular formula is C45H53F3IrNO2S-. The number of benzene rings is 3. The Hall–Kier alpha value is -3.32. The van der Waals surface area contributed by atoms with Gasteiger partial charge in [-0.1, -0.05) is 92.6 Å². The van der Waals surface area contributed by atoms with Crippen LogP contribution in [0.2, 0.25) is 0 Å². The first-order valence-electron chi connectivity index (χ1n) is 18.4. The SMILES string of the molecule is CCC(CC)C(=O)/C=C(\O)C(CC)CC.Cc1[c-]c(-c2nccc3c2sc2c(C(F)(F)F)c(-c4ccc(CC(C)(C)C)cc4C)ccc23)cc(C)c1.[Ir]. The van der Waals surface area contributed by atoms with Gasteiger partial charge in [-0.3, -0.25) is 4.79 Å².